The highest BCUT2D eigenvalue weighted by Crippen LogP contribution is 2.27. The second-order valence-corrected chi connectivity index (χ2v) is 4.50. The molecule has 0 saturated heterocycles. The van der Waals surface area contributed by atoms with Gasteiger partial charge in [0, 0.05) is 13.0 Å². The highest BCUT2D eigenvalue weighted by Gasteiger charge is 2.05. The molecule has 0 fully saturated rings. The second kappa shape index (κ2) is 10.0. The fraction of sp³-hybridized carbons (Fsp3) is 0.562. The summed E-state index contributed by atoms with van der Waals surface area (Å²) in [6.07, 6.45) is 1.22. The van der Waals surface area contributed by atoms with Crippen LogP contribution >= 0.6 is 0 Å². The van der Waals surface area contributed by atoms with E-state index in [0.717, 1.165) is 36.6 Å². The molecule has 0 atom stereocenters. The van der Waals surface area contributed by atoms with Crippen LogP contribution in [0.1, 0.15) is 32.3 Å². The minimum atomic E-state index is -0.137. The van der Waals surface area contributed by atoms with E-state index in [4.69, 9.17) is 14.2 Å². The minimum absolute atomic E-state index is 0.137. The average molecular weight is 295 g/mol. The molecule has 5 nitrogen and oxygen atoms in total. The first-order valence-electron chi connectivity index (χ1n) is 7.37. The lowest BCUT2D eigenvalue weighted by molar-refractivity contribution is -0.143. The zero-order valence-corrected chi connectivity index (χ0v) is 13.1. The normalized spacial score (nSPS) is 10.2. The van der Waals surface area contributed by atoms with Crippen LogP contribution < -0.4 is 14.8 Å². The maximum Gasteiger partial charge on any atom is 0.305 e. The molecule has 1 aromatic carbocycles. The maximum absolute atomic E-state index is 11.2. The van der Waals surface area contributed by atoms with Gasteiger partial charge in [-0.05, 0) is 44.5 Å². The highest BCUT2D eigenvalue weighted by molar-refractivity contribution is 5.69. The van der Waals surface area contributed by atoms with Gasteiger partial charge in [-0.1, -0.05) is 6.07 Å². The molecule has 1 aromatic rings. The standard InChI is InChI=1S/C16H25NO4/c1-4-20-15-11-13(8-9-14(15)19-3)12-17-10-6-7-16(18)21-5-2/h8-9,11,17H,4-7,10,12H2,1-3H3. The zero-order chi connectivity index (χ0) is 15.5. The number of rotatable bonds is 10. The van der Waals surface area contributed by atoms with Crippen molar-refractivity contribution in [1.29, 1.82) is 0 Å². The van der Waals surface area contributed by atoms with Crippen molar-refractivity contribution >= 4 is 5.97 Å². The van der Waals surface area contributed by atoms with Crippen molar-refractivity contribution < 1.29 is 19.0 Å². The Balaban J connectivity index is 2.35. The molecule has 0 aliphatic carbocycles. The fourth-order valence-corrected chi connectivity index (χ4v) is 1.92. The Morgan fingerprint density at radius 2 is 2.00 bits per heavy atom. The van der Waals surface area contributed by atoms with E-state index in [-0.39, 0.29) is 5.97 Å². The summed E-state index contributed by atoms with van der Waals surface area (Å²) >= 11 is 0. The Morgan fingerprint density at radius 3 is 2.67 bits per heavy atom. The number of esters is 1. The van der Waals surface area contributed by atoms with Crippen molar-refractivity contribution in [2.45, 2.75) is 33.2 Å². The van der Waals surface area contributed by atoms with E-state index in [1.54, 1.807) is 7.11 Å². The molecular weight excluding hydrogens is 270 g/mol. The second-order valence-electron chi connectivity index (χ2n) is 4.50. The number of methoxy groups -OCH3 is 1. The SMILES string of the molecule is CCOC(=O)CCCNCc1ccc(OC)c(OCC)c1. The van der Waals surface area contributed by atoms with Crippen LogP contribution in [0.2, 0.25) is 0 Å². The molecule has 0 saturated carbocycles. The number of carbonyl (C=O) groups excluding carboxylic acids is 1. The van der Waals surface area contributed by atoms with Crippen LogP contribution in [0, 0.1) is 0 Å². The predicted molar refractivity (Wildman–Crippen MR) is 81.7 cm³/mol. The molecule has 0 radical (unpaired) electrons. The fourth-order valence-electron chi connectivity index (χ4n) is 1.92. The van der Waals surface area contributed by atoms with Gasteiger partial charge >= 0.3 is 5.97 Å². The molecule has 0 bridgehead atoms. The third kappa shape index (κ3) is 6.49. The number of hydrogen-bond acceptors (Lipinski definition) is 5. The molecule has 1 rings (SSSR count). The zero-order valence-electron chi connectivity index (χ0n) is 13.1. The van der Waals surface area contributed by atoms with E-state index in [1.807, 2.05) is 32.0 Å². The van der Waals surface area contributed by atoms with E-state index in [2.05, 4.69) is 5.32 Å². The molecule has 118 valence electrons. The quantitative estimate of drug-likeness (QED) is 0.531. The minimum Gasteiger partial charge on any atom is -0.493 e. The highest BCUT2D eigenvalue weighted by atomic mass is 16.5. The van der Waals surface area contributed by atoms with Gasteiger partial charge in [-0.25, -0.2) is 0 Å². The van der Waals surface area contributed by atoms with Gasteiger partial charge in [0.15, 0.2) is 11.5 Å². The molecular formula is C16H25NO4. The van der Waals surface area contributed by atoms with Crippen LogP contribution in [0.4, 0.5) is 0 Å². The average Bonchev–Trinajstić information content (AvgIpc) is 2.48. The Bertz CT molecular complexity index is 434. The van der Waals surface area contributed by atoms with Crippen LogP contribution in [0.5, 0.6) is 11.5 Å². The Labute approximate surface area is 126 Å². The van der Waals surface area contributed by atoms with Crippen molar-refractivity contribution in [2.24, 2.45) is 0 Å². The molecule has 0 unspecified atom stereocenters. The van der Waals surface area contributed by atoms with E-state index in [0.29, 0.717) is 19.6 Å². The van der Waals surface area contributed by atoms with Gasteiger partial charge in [-0.2, -0.15) is 0 Å². The van der Waals surface area contributed by atoms with Crippen molar-refractivity contribution in [3.8, 4) is 11.5 Å². The first-order chi connectivity index (χ1) is 10.2. The molecule has 1 N–H and O–H groups in total. The molecule has 5 heteroatoms. The van der Waals surface area contributed by atoms with Crippen LogP contribution in [0.15, 0.2) is 18.2 Å². The largest absolute Gasteiger partial charge is 0.493 e. The number of benzene rings is 1. The van der Waals surface area contributed by atoms with E-state index < -0.39 is 0 Å². The van der Waals surface area contributed by atoms with Gasteiger partial charge < -0.3 is 19.5 Å². The number of ether oxygens (including phenoxy) is 3. The van der Waals surface area contributed by atoms with Crippen LogP contribution in [0.25, 0.3) is 0 Å². The van der Waals surface area contributed by atoms with E-state index in [1.165, 1.54) is 0 Å². The maximum atomic E-state index is 11.2. The summed E-state index contributed by atoms with van der Waals surface area (Å²) in [6.45, 7) is 6.31. The topological polar surface area (TPSA) is 56.8 Å². The summed E-state index contributed by atoms with van der Waals surface area (Å²) in [4.78, 5) is 11.2. The summed E-state index contributed by atoms with van der Waals surface area (Å²) < 4.78 is 15.7. The van der Waals surface area contributed by atoms with Gasteiger partial charge in [0.05, 0.1) is 20.3 Å². The van der Waals surface area contributed by atoms with Gasteiger partial charge in [0.2, 0.25) is 0 Å². The Kier molecular flexibility index (Phi) is 8.28. The summed E-state index contributed by atoms with van der Waals surface area (Å²) in [5, 5.41) is 3.30. The van der Waals surface area contributed by atoms with E-state index >= 15 is 0 Å². The van der Waals surface area contributed by atoms with Crippen molar-refractivity contribution in [3.63, 3.8) is 0 Å². The number of carbonyl (C=O) groups is 1. The summed E-state index contributed by atoms with van der Waals surface area (Å²) in [5.74, 6) is 1.36. The van der Waals surface area contributed by atoms with E-state index in [9.17, 15) is 4.79 Å². The Morgan fingerprint density at radius 1 is 1.19 bits per heavy atom. The lowest BCUT2D eigenvalue weighted by atomic mass is 10.2. The van der Waals surface area contributed by atoms with Crippen molar-refractivity contribution in [1.82, 2.24) is 5.32 Å². The first-order valence-corrected chi connectivity index (χ1v) is 7.37. The van der Waals surface area contributed by atoms with Crippen molar-refractivity contribution in [2.75, 3.05) is 26.9 Å². The molecule has 0 aliphatic heterocycles. The van der Waals surface area contributed by atoms with Crippen molar-refractivity contribution in [3.05, 3.63) is 23.8 Å². The van der Waals surface area contributed by atoms with Crippen LogP contribution in [-0.2, 0) is 16.1 Å². The van der Waals surface area contributed by atoms with Crippen LogP contribution in [0.3, 0.4) is 0 Å². The lowest BCUT2D eigenvalue weighted by Gasteiger charge is -2.11. The summed E-state index contributed by atoms with van der Waals surface area (Å²) in [7, 11) is 1.63. The first kappa shape index (κ1) is 17.3. The Hall–Kier alpha value is -1.75. The van der Waals surface area contributed by atoms with Crippen LogP contribution in [-0.4, -0.2) is 32.8 Å². The third-order valence-electron chi connectivity index (χ3n) is 2.90. The number of hydrogen-bond donors (Lipinski definition) is 1. The summed E-state index contributed by atoms with van der Waals surface area (Å²) in [5.41, 5.74) is 1.12. The summed E-state index contributed by atoms with van der Waals surface area (Å²) in [6, 6.07) is 5.88. The van der Waals surface area contributed by atoms with Gasteiger partial charge in [-0.3, -0.25) is 4.79 Å². The third-order valence-corrected chi connectivity index (χ3v) is 2.90. The lowest BCUT2D eigenvalue weighted by Crippen LogP contribution is -2.16. The van der Waals surface area contributed by atoms with Gasteiger partial charge in [-0.15, -0.1) is 0 Å². The number of nitrogens with one attached hydrogen (secondary N) is 1. The molecule has 0 heterocycles. The molecule has 21 heavy (non-hydrogen) atoms. The smallest absolute Gasteiger partial charge is 0.305 e. The molecule has 0 spiro atoms. The monoisotopic (exact) mass is 295 g/mol. The predicted octanol–water partition coefficient (Wildman–Crippen LogP) is 2.53. The van der Waals surface area contributed by atoms with Gasteiger partial charge in [0.25, 0.3) is 0 Å². The van der Waals surface area contributed by atoms with Gasteiger partial charge in [0.1, 0.15) is 0 Å². The molecule has 0 aliphatic rings. The molecule has 0 amide bonds. The molecule has 0 aromatic heterocycles.